The quantitative estimate of drug-likeness (QED) is 0.756. The third-order valence-corrected chi connectivity index (χ3v) is 4.30. The molecule has 0 aliphatic rings. The molecule has 0 fully saturated rings. The summed E-state index contributed by atoms with van der Waals surface area (Å²) >= 11 is 3.68. The Kier molecular flexibility index (Phi) is 3.33. The summed E-state index contributed by atoms with van der Waals surface area (Å²) in [5.74, 6) is 0.910. The second-order valence-corrected chi connectivity index (χ2v) is 5.54. The maximum atomic E-state index is 5.97. The Morgan fingerprint density at radius 3 is 2.74 bits per heavy atom. The average molecular weight is 318 g/mol. The molecular formula is C16H16BrNO. The molecule has 0 unspecified atom stereocenters. The van der Waals surface area contributed by atoms with E-state index in [0.29, 0.717) is 6.54 Å². The van der Waals surface area contributed by atoms with Crippen molar-refractivity contribution in [3.05, 3.63) is 46.1 Å². The van der Waals surface area contributed by atoms with Crippen LogP contribution in [0.3, 0.4) is 0 Å². The summed E-state index contributed by atoms with van der Waals surface area (Å²) in [5.41, 5.74) is 7.99. The van der Waals surface area contributed by atoms with Gasteiger partial charge in [0, 0.05) is 10.9 Å². The van der Waals surface area contributed by atoms with Crippen molar-refractivity contribution in [2.45, 2.75) is 26.3 Å². The third-order valence-electron chi connectivity index (χ3n) is 3.51. The molecule has 98 valence electrons. The molecule has 3 rings (SSSR count). The van der Waals surface area contributed by atoms with E-state index < -0.39 is 0 Å². The van der Waals surface area contributed by atoms with Crippen LogP contribution in [0, 0.1) is 0 Å². The van der Waals surface area contributed by atoms with Gasteiger partial charge in [0.05, 0.1) is 11.0 Å². The standard InChI is InChI=1S/C16H16BrNO/c1-2-5-12-13-8-10-6-3-4-7-11(10)15(17)16(13)19-14(12)9-18/h3-4,6-8H,2,5,9,18H2,1H3. The first-order valence-electron chi connectivity index (χ1n) is 6.57. The number of furan rings is 1. The molecule has 0 aliphatic heterocycles. The summed E-state index contributed by atoms with van der Waals surface area (Å²) < 4.78 is 6.99. The molecule has 0 radical (unpaired) electrons. The molecular weight excluding hydrogens is 302 g/mol. The smallest absolute Gasteiger partial charge is 0.149 e. The van der Waals surface area contributed by atoms with Crippen molar-refractivity contribution in [2.75, 3.05) is 0 Å². The largest absolute Gasteiger partial charge is 0.458 e. The van der Waals surface area contributed by atoms with Gasteiger partial charge in [0.15, 0.2) is 0 Å². The summed E-state index contributed by atoms with van der Waals surface area (Å²) in [7, 11) is 0. The lowest BCUT2D eigenvalue weighted by molar-refractivity contribution is 0.544. The van der Waals surface area contributed by atoms with E-state index in [1.807, 2.05) is 6.07 Å². The molecule has 1 heterocycles. The topological polar surface area (TPSA) is 39.2 Å². The van der Waals surface area contributed by atoms with Crippen LogP contribution in [0.4, 0.5) is 0 Å². The first kappa shape index (κ1) is 12.7. The van der Waals surface area contributed by atoms with Gasteiger partial charge < -0.3 is 10.2 Å². The van der Waals surface area contributed by atoms with Gasteiger partial charge in [-0.25, -0.2) is 0 Å². The number of hydrogen-bond acceptors (Lipinski definition) is 2. The number of rotatable bonds is 3. The third kappa shape index (κ3) is 1.97. The van der Waals surface area contributed by atoms with Crippen LogP contribution in [0.15, 0.2) is 39.2 Å². The molecule has 0 bridgehead atoms. The van der Waals surface area contributed by atoms with Gasteiger partial charge in [-0.15, -0.1) is 0 Å². The summed E-state index contributed by atoms with van der Waals surface area (Å²) in [6.07, 6.45) is 2.09. The lowest BCUT2D eigenvalue weighted by atomic mass is 10.0. The molecule has 3 aromatic rings. The molecule has 3 heteroatoms. The van der Waals surface area contributed by atoms with Gasteiger partial charge in [-0.3, -0.25) is 0 Å². The number of benzene rings is 2. The first-order valence-corrected chi connectivity index (χ1v) is 7.37. The van der Waals surface area contributed by atoms with Crippen LogP contribution >= 0.6 is 15.9 Å². The monoisotopic (exact) mass is 317 g/mol. The molecule has 2 nitrogen and oxygen atoms in total. The van der Waals surface area contributed by atoms with Crippen molar-refractivity contribution in [3.63, 3.8) is 0 Å². The van der Waals surface area contributed by atoms with E-state index in [0.717, 1.165) is 28.7 Å². The van der Waals surface area contributed by atoms with Crippen LogP contribution in [-0.2, 0) is 13.0 Å². The lowest BCUT2D eigenvalue weighted by Gasteiger charge is -2.02. The fourth-order valence-electron chi connectivity index (χ4n) is 2.63. The van der Waals surface area contributed by atoms with Crippen LogP contribution < -0.4 is 5.73 Å². The highest BCUT2D eigenvalue weighted by Gasteiger charge is 2.16. The molecule has 1 aromatic heterocycles. The van der Waals surface area contributed by atoms with Gasteiger partial charge in [0.25, 0.3) is 0 Å². The Bertz CT molecular complexity index is 745. The highest BCUT2D eigenvalue weighted by molar-refractivity contribution is 9.10. The van der Waals surface area contributed by atoms with Crippen LogP contribution in [0.25, 0.3) is 21.7 Å². The summed E-state index contributed by atoms with van der Waals surface area (Å²) in [4.78, 5) is 0. The van der Waals surface area contributed by atoms with Gasteiger partial charge in [-0.05, 0) is 39.2 Å². The molecule has 0 aliphatic carbocycles. The number of aryl methyl sites for hydroxylation is 1. The SMILES string of the molecule is CCCc1c(CN)oc2c(Br)c3ccccc3cc12. The van der Waals surface area contributed by atoms with E-state index in [1.165, 1.54) is 21.7 Å². The molecule has 0 amide bonds. The number of hydrogen-bond donors (Lipinski definition) is 1. The van der Waals surface area contributed by atoms with Crippen LogP contribution in [0.1, 0.15) is 24.7 Å². The Labute approximate surface area is 120 Å². The highest BCUT2D eigenvalue weighted by atomic mass is 79.9. The lowest BCUT2D eigenvalue weighted by Crippen LogP contribution is -1.98. The van der Waals surface area contributed by atoms with Gasteiger partial charge in [-0.1, -0.05) is 37.6 Å². The normalized spacial score (nSPS) is 11.5. The van der Waals surface area contributed by atoms with Crippen molar-refractivity contribution < 1.29 is 4.42 Å². The Morgan fingerprint density at radius 1 is 1.21 bits per heavy atom. The molecule has 0 saturated heterocycles. The minimum atomic E-state index is 0.451. The average Bonchev–Trinajstić information content (AvgIpc) is 2.78. The molecule has 2 N–H and O–H groups in total. The van der Waals surface area contributed by atoms with Crippen molar-refractivity contribution in [3.8, 4) is 0 Å². The zero-order valence-corrected chi connectivity index (χ0v) is 12.5. The summed E-state index contributed by atoms with van der Waals surface area (Å²) in [6.45, 7) is 2.63. The molecule has 2 aromatic carbocycles. The summed E-state index contributed by atoms with van der Waals surface area (Å²) in [5, 5.41) is 3.59. The second-order valence-electron chi connectivity index (χ2n) is 4.75. The maximum Gasteiger partial charge on any atom is 0.149 e. The van der Waals surface area contributed by atoms with Crippen molar-refractivity contribution >= 4 is 37.7 Å². The van der Waals surface area contributed by atoms with E-state index in [1.54, 1.807) is 0 Å². The van der Waals surface area contributed by atoms with Gasteiger partial charge >= 0.3 is 0 Å². The molecule has 0 atom stereocenters. The molecule has 19 heavy (non-hydrogen) atoms. The van der Waals surface area contributed by atoms with E-state index >= 15 is 0 Å². The van der Waals surface area contributed by atoms with E-state index in [4.69, 9.17) is 10.2 Å². The number of halogens is 1. The van der Waals surface area contributed by atoms with Crippen LogP contribution in [0.2, 0.25) is 0 Å². The first-order chi connectivity index (χ1) is 9.26. The van der Waals surface area contributed by atoms with Gasteiger partial charge in [0.2, 0.25) is 0 Å². The van der Waals surface area contributed by atoms with Gasteiger partial charge in [0.1, 0.15) is 11.3 Å². The van der Waals surface area contributed by atoms with Crippen LogP contribution in [0.5, 0.6) is 0 Å². The predicted molar refractivity (Wildman–Crippen MR) is 83.3 cm³/mol. The Hall–Kier alpha value is -1.32. The zero-order chi connectivity index (χ0) is 13.4. The molecule has 0 spiro atoms. The number of nitrogens with two attached hydrogens (primary N) is 1. The zero-order valence-electron chi connectivity index (χ0n) is 10.9. The fraction of sp³-hybridized carbons (Fsp3) is 0.250. The van der Waals surface area contributed by atoms with Gasteiger partial charge in [-0.2, -0.15) is 0 Å². The van der Waals surface area contributed by atoms with Crippen LogP contribution in [-0.4, -0.2) is 0 Å². The van der Waals surface area contributed by atoms with E-state index in [-0.39, 0.29) is 0 Å². The minimum Gasteiger partial charge on any atom is -0.458 e. The number of fused-ring (bicyclic) bond motifs is 2. The predicted octanol–water partition coefficient (Wildman–Crippen LogP) is 4.76. The van der Waals surface area contributed by atoms with Crippen molar-refractivity contribution in [2.24, 2.45) is 5.73 Å². The maximum absolute atomic E-state index is 5.97. The summed E-state index contributed by atoms with van der Waals surface area (Å²) in [6, 6.07) is 10.5. The minimum absolute atomic E-state index is 0.451. The van der Waals surface area contributed by atoms with E-state index in [2.05, 4.69) is 47.1 Å². The second kappa shape index (κ2) is 4.99. The van der Waals surface area contributed by atoms with Crippen molar-refractivity contribution in [1.82, 2.24) is 0 Å². The van der Waals surface area contributed by atoms with E-state index in [9.17, 15) is 0 Å². The molecule has 0 saturated carbocycles. The van der Waals surface area contributed by atoms with Crippen molar-refractivity contribution in [1.29, 1.82) is 0 Å². The highest BCUT2D eigenvalue weighted by Crippen LogP contribution is 2.37. The Morgan fingerprint density at radius 2 is 2.00 bits per heavy atom. The Balaban J connectivity index is 2.42. The fourth-order valence-corrected chi connectivity index (χ4v) is 3.29.